The Morgan fingerprint density at radius 2 is 1.93 bits per heavy atom. The van der Waals surface area contributed by atoms with Crippen LogP contribution < -0.4 is 5.56 Å². The van der Waals surface area contributed by atoms with Gasteiger partial charge in [-0.15, -0.1) is 0 Å². The number of fused-ring (bicyclic) bond motifs is 1. The number of aryl methyl sites for hydroxylation is 1. The van der Waals surface area contributed by atoms with Gasteiger partial charge in [-0.05, 0) is 31.2 Å². The molecule has 0 atom stereocenters. The Hall–Kier alpha value is -3.11. The molecule has 2 aromatic carbocycles. The van der Waals surface area contributed by atoms with Gasteiger partial charge in [0.2, 0.25) is 5.91 Å². The van der Waals surface area contributed by atoms with Gasteiger partial charge in [0.05, 0.1) is 34.8 Å². The maximum Gasteiger partial charge on any atom is 0.266 e. The minimum atomic E-state index is -0.165. The third-order valence-electron chi connectivity index (χ3n) is 4.35. The highest BCUT2D eigenvalue weighted by atomic mass is 32.2. The Morgan fingerprint density at radius 3 is 2.64 bits per heavy atom. The van der Waals surface area contributed by atoms with Gasteiger partial charge >= 0.3 is 0 Å². The normalized spacial score (nSPS) is 10.6. The van der Waals surface area contributed by atoms with Gasteiger partial charge in [-0.1, -0.05) is 41.6 Å². The zero-order valence-corrected chi connectivity index (χ0v) is 16.6. The standard InChI is InChI=1S/C21H20N4O2S/c1-15-8-10-16(11-9-15)25-20(27)17-6-3-4-7-18(17)23-21(25)28-14-19(26)24(2)13-5-12-22/h3-4,6-11H,5,13-14H2,1-2H3. The maximum atomic E-state index is 13.1. The number of hydrogen-bond acceptors (Lipinski definition) is 5. The number of hydrogen-bond donors (Lipinski definition) is 0. The van der Waals surface area contributed by atoms with Gasteiger partial charge < -0.3 is 4.90 Å². The molecule has 28 heavy (non-hydrogen) atoms. The molecule has 0 radical (unpaired) electrons. The third kappa shape index (κ3) is 4.24. The predicted octanol–water partition coefficient (Wildman–Crippen LogP) is 3.16. The molecule has 0 fully saturated rings. The molecule has 0 aliphatic rings. The van der Waals surface area contributed by atoms with Crippen molar-refractivity contribution in [2.45, 2.75) is 18.5 Å². The van der Waals surface area contributed by atoms with E-state index in [-0.39, 0.29) is 23.6 Å². The van der Waals surface area contributed by atoms with E-state index in [9.17, 15) is 9.59 Å². The van der Waals surface area contributed by atoms with Gasteiger partial charge in [-0.25, -0.2) is 4.98 Å². The fourth-order valence-corrected chi connectivity index (χ4v) is 3.66. The fraction of sp³-hybridized carbons (Fsp3) is 0.238. The number of aromatic nitrogens is 2. The second-order valence-corrected chi connectivity index (χ2v) is 7.34. The first-order valence-corrected chi connectivity index (χ1v) is 9.82. The molecular formula is C21H20N4O2S. The van der Waals surface area contributed by atoms with Crippen LogP contribution in [0.5, 0.6) is 0 Å². The van der Waals surface area contributed by atoms with E-state index in [1.807, 2.05) is 49.4 Å². The van der Waals surface area contributed by atoms with E-state index in [1.165, 1.54) is 16.7 Å². The molecule has 0 N–H and O–H groups in total. The molecule has 0 saturated heterocycles. The SMILES string of the molecule is Cc1ccc(-n2c(SCC(=O)N(C)CCC#N)nc3ccccc3c2=O)cc1. The van der Waals surface area contributed by atoms with Gasteiger partial charge in [0.15, 0.2) is 5.16 Å². The van der Waals surface area contributed by atoms with Crippen LogP contribution in [0.3, 0.4) is 0 Å². The number of benzene rings is 2. The lowest BCUT2D eigenvalue weighted by Gasteiger charge is -2.16. The lowest BCUT2D eigenvalue weighted by Crippen LogP contribution is -2.29. The first-order valence-electron chi connectivity index (χ1n) is 8.84. The molecule has 0 bridgehead atoms. The van der Waals surface area contributed by atoms with Crippen LogP contribution >= 0.6 is 11.8 Å². The zero-order chi connectivity index (χ0) is 20.1. The molecule has 0 aliphatic heterocycles. The predicted molar refractivity (Wildman–Crippen MR) is 111 cm³/mol. The van der Waals surface area contributed by atoms with Crippen LogP contribution in [0.15, 0.2) is 58.5 Å². The van der Waals surface area contributed by atoms with Crippen LogP contribution in [0.1, 0.15) is 12.0 Å². The van der Waals surface area contributed by atoms with Crippen molar-refractivity contribution in [3.05, 3.63) is 64.4 Å². The van der Waals surface area contributed by atoms with Crippen LogP contribution in [0.2, 0.25) is 0 Å². The maximum absolute atomic E-state index is 13.1. The van der Waals surface area contributed by atoms with Crippen LogP contribution in [-0.2, 0) is 4.79 Å². The summed E-state index contributed by atoms with van der Waals surface area (Å²) in [5.74, 6) is 0.0246. The van der Waals surface area contributed by atoms with Crippen LogP contribution in [-0.4, -0.2) is 39.7 Å². The largest absolute Gasteiger partial charge is 0.344 e. The quantitative estimate of drug-likeness (QED) is 0.476. The number of rotatable bonds is 6. The Balaban J connectivity index is 1.99. The van der Waals surface area contributed by atoms with E-state index < -0.39 is 0 Å². The van der Waals surface area contributed by atoms with Crippen LogP contribution in [0.25, 0.3) is 16.6 Å². The fourth-order valence-electron chi connectivity index (χ4n) is 2.71. The average Bonchev–Trinajstić information content (AvgIpc) is 2.71. The molecule has 1 aromatic heterocycles. The molecule has 1 amide bonds. The number of carbonyl (C=O) groups excluding carboxylic acids is 1. The lowest BCUT2D eigenvalue weighted by atomic mass is 10.2. The molecule has 0 unspecified atom stereocenters. The van der Waals surface area contributed by atoms with E-state index in [0.717, 1.165) is 5.56 Å². The molecule has 142 valence electrons. The van der Waals surface area contributed by atoms with E-state index in [0.29, 0.717) is 28.3 Å². The highest BCUT2D eigenvalue weighted by Crippen LogP contribution is 2.22. The van der Waals surface area contributed by atoms with Crippen molar-refractivity contribution in [3.8, 4) is 11.8 Å². The Bertz CT molecular complexity index is 1100. The van der Waals surface area contributed by atoms with Crippen molar-refractivity contribution in [1.82, 2.24) is 14.5 Å². The summed E-state index contributed by atoms with van der Waals surface area (Å²) in [6, 6.07) is 16.8. The number of nitrogens with zero attached hydrogens (tertiary/aromatic N) is 4. The van der Waals surface area contributed by atoms with Crippen molar-refractivity contribution in [1.29, 1.82) is 5.26 Å². The summed E-state index contributed by atoms with van der Waals surface area (Å²) in [6.07, 6.45) is 0.287. The monoisotopic (exact) mass is 392 g/mol. The highest BCUT2D eigenvalue weighted by Gasteiger charge is 2.16. The van der Waals surface area contributed by atoms with Crippen LogP contribution in [0, 0.1) is 18.3 Å². The number of amides is 1. The summed E-state index contributed by atoms with van der Waals surface area (Å²) in [6.45, 7) is 2.36. The summed E-state index contributed by atoms with van der Waals surface area (Å²) < 4.78 is 1.55. The number of para-hydroxylation sites is 1. The number of nitriles is 1. The van der Waals surface area contributed by atoms with Gasteiger partial charge in [0.1, 0.15) is 0 Å². The van der Waals surface area contributed by atoms with E-state index in [1.54, 1.807) is 23.7 Å². The second kappa shape index (κ2) is 8.72. The molecule has 0 aliphatic carbocycles. The van der Waals surface area contributed by atoms with Crippen molar-refractivity contribution in [2.24, 2.45) is 0 Å². The van der Waals surface area contributed by atoms with Crippen molar-refractivity contribution < 1.29 is 4.79 Å². The van der Waals surface area contributed by atoms with Gasteiger partial charge in [-0.2, -0.15) is 5.26 Å². The molecule has 7 heteroatoms. The highest BCUT2D eigenvalue weighted by molar-refractivity contribution is 7.99. The first-order chi connectivity index (χ1) is 13.5. The lowest BCUT2D eigenvalue weighted by molar-refractivity contribution is -0.127. The summed E-state index contributed by atoms with van der Waals surface area (Å²) in [5.41, 5.74) is 2.24. The summed E-state index contributed by atoms with van der Waals surface area (Å²) in [4.78, 5) is 31.6. The van der Waals surface area contributed by atoms with E-state index >= 15 is 0 Å². The van der Waals surface area contributed by atoms with Crippen molar-refractivity contribution >= 4 is 28.6 Å². The second-order valence-electron chi connectivity index (χ2n) is 6.40. The van der Waals surface area contributed by atoms with Gasteiger partial charge in [-0.3, -0.25) is 14.2 Å². The Kier molecular flexibility index (Phi) is 6.12. The average molecular weight is 392 g/mol. The number of thioether (sulfide) groups is 1. The Labute approximate surface area is 167 Å². The molecule has 3 aromatic rings. The molecule has 3 rings (SSSR count). The van der Waals surface area contributed by atoms with Gasteiger partial charge in [0.25, 0.3) is 5.56 Å². The summed E-state index contributed by atoms with van der Waals surface area (Å²) in [5, 5.41) is 9.68. The van der Waals surface area contributed by atoms with Crippen molar-refractivity contribution in [2.75, 3.05) is 19.3 Å². The van der Waals surface area contributed by atoms with E-state index in [4.69, 9.17) is 5.26 Å². The first kappa shape index (κ1) is 19.6. The molecule has 1 heterocycles. The smallest absolute Gasteiger partial charge is 0.266 e. The minimum Gasteiger partial charge on any atom is -0.344 e. The number of carbonyl (C=O) groups is 1. The van der Waals surface area contributed by atoms with Gasteiger partial charge in [0, 0.05) is 13.6 Å². The summed E-state index contributed by atoms with van der Waals surface area (Å²) >= 11 is 1.22. The minimum absolute atomic E-state index is 0.113. The topological polar surface area (TPSA) is 79.0 Å². The molecule has 0 saturated carbocycles. The Morgan fingerprint density at radius 1 is 1.21 bits per heavy atom. The van der Waals surface area contributed by atoms with Crippen molar-refractivity contribution in [3.63, 3.8) is 0 Å². The molecule has 0 spiro atoms. The zero-order valence-electron chi connectivity index (χ0n) is 15.8. The summed E-state index contributed by atoms with van der Waals surface area (Å²) in [7, 11) is 1.67. The molecule has 6 nitrogen and oxygen atoms in total. The van der Waals surface area contributed by atoms with Crippen LogP contribution in [0.4, 0.5) is 0 Å². The molecular weight excluding hydrogens is 372 g/mol. The third-order valence-corrected chi connectivity index (χ3v) is 5.27. The van der Waals surface area contributed by atoms with E-state index in [2.05, 4.69) is 4.98 Å².